The second kappa shape index (κ2) is 7.26. The number of likely N-dealkylation sites (tertiary alicyclic amines) is 1. The summed E-state index contributed by atoms with van der Waals surface area (Å²) in [4.78, 5) is 12.9. The van der Waals surface area contributed by atoms with Gasteiger partial charge in [0.25, 0.3) is 5.69 Å². The molecule has 1 aliphatic rings. The van der Waals surface area contributed by atoms with E-state index in [4.69, 9.17) is 4.74 Å². The molecule has 0 amide bonds. The normalized spacial score (nSPS) is 16.7. The molecule has 1 aromatic carbocycles. The minimum absolute atomic E-state index is 0.0619. The molecule has 6 heteroatoms. The summed E-state index contributed by atoms with van der Waals surface area (Å²) < 4.78 is 5.39. The summed E-state index contributed by atoms with van der Waals surface area (Å²) in [6, 6.07) is 4.85. The summed E-state index contributed by atoms with van der Waals surface area (Å²) in [6.07, 6.45) is 2.33. The lowest BCUT2D eigenvalue weighted by molar-refractivity contribution is -0.384. The molecule has 0 saturated carbocycles. The van der Waals surface area contributed by atoms with E-state index in [2.05, 4.69) is 17.3 Å². The van der Waals surface area contributed by atoms with Crippen molar-refractivity contribution in [3.8, 4) is 5.75 Å². The number of non-ortho nitro benzene ring substituents is 1. The minimum Gasteiger partial charge on any atom is -0.494 e. The molecule has 1 fully saturated rings. The molecule has 0 aromatic heterocycles. The van der Waals surface area contributed by atoms with Crippen LogP contribution < -0.4 is 10.1 Å². The maximum atomic E-state index is 11.0. The van der Waals surface area contributed by atoms with E-state index in [0.717, 1.165) is 38.2 Å². The van der Waals surface area contributed by atoms with E-state index >= 15 is 0 Å². The van der Waals surface area contributed by atoms with Gasteiger partial charge in [-0.25, -0.2) is 0 Å². The van der Waals surface area contributed by atoms with Gasteiger partial charge in [-0.2, -0.15) is 0 Å². The van der Waals surface area contributed by atoms with Crippen molar-refractivity contribution in [2.24, 2.45) is 5.92 Å². The molecule has 1 aromatic rings. The van der Waals surface area contributed by atoms with Crippen molar-refractivity contribution in [3.05, 3.63) is 28.3 Å². The lowest BCUT2D eigenvalue weighted by atomic mass is 9.97. The maximum absolute atomic E-state index is 11.0. The molecule has 0 aliphatic carbocycles. The number of hydrogen-bond donors (Lipinski definition) is 1. The van der Waals surface area contributed by atoms with E-state index in [1.54, 1.807) is 6.07 Å². The van der Waals surface area contributed by atoms with Crippen LogP contribution in [-0.2, 0) is 0 Å². The Labute approximate surface area is 125 Å². The average molecular weight is 293 g/mol. The lowest BCUT2D eigenvalue weighted by Crippen LogP contribution is -2.32. The molecule has 0 atom stereocenters. The first-order valence-corrected chi connectivity index (χ1v) is 7.43. The fourth-order valence-corrected chi connectivity index (χ4v) is 2.57. The van der Waals surface area contributed by atoms with Gasteiger partial charge in [0, 0.05) is 24.4 Å². The van der Waals surface area contributed by atoms with E-state index in [0.29, 0.717) is 18.3 Å². The highest BCUT2D eigenvalue weighted by Crippen LogP contribution is 2.27. The van der Waals surface area contributed by atoms with Crippen LogP contribution in [0.1, 0.15) is 19.8 Å². The van der Waals surface area contributed by atoms with E-state index in [9.17, 15) is 10.1 Å². The van der Waals surface area contributed by atoms with Gasteiger partial charge in [-0.1, -0.05) is 0 Å². The van der Waals surface area contributed by atoms with Crippen molar-refractivity contribution in [3.63, 3.8) is 0 Å². The minimum atomic E-state index is -0.386. The van der Waals surface area contributed by atoms with Gasteiger partial charge in [0.15, 0.2) is 0 Å². The molecular formula is C15H23N3O3. The molecule has 2 rings (SSSR count). The number of anilines is 1. The van der Waals surface area contributed by atoms with E-state index in [-0.39, 0.29) is 10.6 Å². The second-order valence-corrected chi connectivity index (χ2v) is 5.53. The zero-order valence-electron chi connectivity index (χ0n) is 12.7. The third-order valence-electron chi connectivity index (χ3n) is 3.85. The van der Waals surface area contributed by atoms with Crippen molar-refractivity contribution in [1.29, 1.82) is 0 Å². The molecular weight excluding hydrogens is 270 g/mol. The van der Waals surface area contributed by atoms with E-state index in [1.165, 1.54) is 6.07 Å². The Hall–Kier alpha value is -1.82. The number of nitro benzene ring substituents is 1. The average Bonchev–Trinajstić information content (AvgIpc) is 2.47. The summed E-state index contributed by atoms with van der Waals surface area (Å²) in [5, 5.41) is 14.3. The van der Waals surface area contributed by atoms with Gasteiger partial charge in [0.1, 0.15) is 5.75 Å². The van der Waals surface area contributed by atoms with Crippen LogP contribution in [0, 0.1) is 16.0 Å². The number of nitrogens with zero attached hydrogens (tertiary/aromatic N) is 2. The summed E-state index contributed by atoms with van der Waals surface area (Å²) >= 11 is 0. The molecule has 21 heavy (non-hydrogen) atoms. The number of nitrogens with one attached hydrogen (secondary N) is 1. The molecule has 0 bridgehead atoms. The Morgan fingerprint density at radius 1 is 1.38 bits per heavy atom. The zero-order chi connectivity index (χ0) is 15.2. The largest absolute Gasteiger partial charge is 0.494 e. The van der Waals surface area contributed by atoms with Gasteiger partial charge in [-0.3, -0.25) is 10.1 Å². The number of hydrogen-bond acceptors (Lipinski definition) is 5. The topological polar surface area (TPSA) is 67.6 Å². The van der Waals surface area contributed by atoms with Crippen molar-refractivity contribution in [1.82, 2.24) is 4.90 Å². The summed E-state index contributed by atoms with van der Waals surface area (Å²) in [5.74, 6) is 1.16. The van der Waals surface area contributed by atoms with Gasteiger partial charge in [0.2, 0.25) is 0 Å². The zero-order valence-corrected chi connectivity index (χ0v) is 12.7. The quantitative estimate of drug-likeness (QED) is 0.645. The Morgan fingerprint density at radius 3 is 2.71 bits per heavy atom. The molecule has 6 nitrogen and oxygen atoms in total. The molecule has 0 spiro atoms. The molecule has 1 saturated heterocycles. The SMILES string of the molecule is CCOc1cc(NCC2CCN(C)CC2)cc([N+](=O)[O-])c1. The second-order valence-electron chi connectivity index (χ2n) is 5.53. The molecule has 0 unspecified atom stereocenters. The first-order chi connectivity index (χ1) is 10.1. The van der Waals surface area contributed by atoms with E-state index < -0.39 is 0 Å². The van der Waals surface area contributed by atoms with Gasteiger partial charge in [-0.15, -0.1) is 0 Å². The van der Waals surface area contributed by atoms with Gasteiger partial charge in [-0.05, 0) is 45.8 Å². The van der Waals surface area contributed by atoms with Crippen molar-refractivity contribution in [2.75, 3.05) is 38.6 Å². The van der Waals surface area contributed by atoms with Crippen LogP contribution in [0.4, 0.5) is 11.4 Å². The fraction of sp³-hybridized carbons (Fsp3) is 0.600. The number of benzene rings is 1. The summed E-state index contributed by atoms with van der Waals surface area (Å²) in [5.41, 5.74) is 0.818. The number of piperidine rings is 1. The highest BCUT2D eigenvalue weighted by Gasteiger charge is 2.17. The first-order valence-electron chi connectivity index (χ1n) is 7.43. The Kier molecular flexibility index (Phi) is 5.38. The Balaban J connectivity index is 1.99. The monoisotopic (exact) mass is 293 g/mol. The lowest BCUT2D eigenvalue weighted by Gasteiger charge is -2.29. The molecule has 0 radical (unpaired) electrons. The predicted octanol–water partition coefficient (Wildman–Crippen LogP) is 2.75. The highest BCUT2D eigenvalue weighted by molar-refractivity contribution is 5.56. The molecule has 1 N–H and O–H groups in total. The molecule has 116 valence electrons. The highest BCUT2D eigenvalue weighted by atomic mass is 16.6. The standard InChI is InChI=1S/C15H23N3O3/c1-3-21-15-9-13(8-14(10-15)18(19)20)16-11-12-4-6-17(2)7-5-12/h8-10,12,16H,3-7,11H2,1-2H3. The Bertz CT molecular complexity index is 485. The van der Waals surface area contributed by atoms with Crippen LogP contribution in [0.3, 0.4) is 0 Å². The Morgan fingerprint density at radius 2 is 2.10 bits per heavy atom. The molecule has 1 aliphatic heterocycles. The van der Waals surface area contributed by atoms with Crippen LogP contribution in [0.25, 0.3) is 0 Å². The van der Waals surface area contributed by atoms with Crippen LogP contribution >= 0.6 is 0 Å². The van der Waals surface area contributed by atoms with E-state index in [1.807, 2.05) is 13.0 Å². The van der Waals surface area contributed by atoms with Crippen LogP contribution in [0.5, 0.6) is 5.75 Å². The van der Waals surface area contributed by atoms with Gasteiger partial charge < -0.3 is 15.0 Å². The molecule has 1 heterocycles. The van der Waals surface area contributed by atoms with Gasteiger partial charge in [0.05, 0.1) is 17.6 Å². The fourth-order valence-electron chi connectivity index (χ4n) is 2.57. The van der Waals surface area contributed by atoms with Crippen molar-refractivity contribution < 1.29 is 9.66 Å². The van der Waals surface area contributed by atoms with Crippen molar-refractivity contribution >= 4 is 11.4 Å². The summed E-state index contributed by atoms with van der Waals surface area (Å²) in [6.45, 7) is 5.44. The van der Waals surface area contributed by atoms with Crippen LogP contribution in [-0.4, -0.2) is 43.1 Å². The van der Waals surface area contributed by atoms with Crippen molar-refractivity contribution in [2.45, 2.75) is 19.8 Å². The maximum Gasteiger partial charge on any atom is 0.275 e. The number of rotatable bonds is 6. The van der Waals surface area contributed by atoms with Crippen LogP contribution in [0.15, 0.2) is 18.2 Å². The predicted molar refractivity (Wildman–Crippen MR) is 83.0 cm³/mol. The third-order valence-corrected chi connectivity index (χ3v) is 3.85. The van der Waals surface area contributed by atoms with Crippen LogP contribution in [0.2, 0.25) is 0 Å². The smallest absolute Gasteiger partial charge is 0.275 e. The summed E-state index contributed by atoms with van der Waals surface area (Å²) in [7, 11) is 2.14. The first kappa shape index (κ1) is 15.6. The number of nitro groups is 1. The number of ether oxygens (including phenoxy) is 1. The third kappa shape index (κ3) is 4.60. The van der Waals surface area contributed by atoms with Gasteiger partial charge >= 0.3 is 0 Å².